The molecule has 0 bridgehead atoms. The second-order valence-corrected chi connectivity index (χ2v) is 4.87. The van der Waals surface area contributed by atoms with Crippen LogP contribution in [0.4, 0.5) is 13.2 Å². The monoisotopic (exact) mass is 269 g/mol. The first-order chi connectivity index (χ1) is 9.02. The van der Waals surface area contributed by atoms with Crippen LogP contribution in [-0.2, 0) is 6.18 Å². The zero-order valence-electron chi connectivity index (χ0n) is 10.9. The Morgan fingerprint density at radius 2 is 2.00 bits per heavy atom. The molecule has 1 atom stereocenters. The van der Waals surface area contributed by atoms with Crippen molar-refractivity contribution in [2.24, 2.45) is 0 Å². The third kappa shape index (κ3) is 3.38. The maximum atomic E-state index is 12.7. The van der Waals surface area contributed by atoms with Crippen molar-refractivity contribution in [3.63, 3.8) is 0 Å². The maximum absolute atomic E-state index is 12.7. The van der Waals surface area contributed by atoms with E-state index < -0.39 is 11.7 Å². The van der Waals surface area contributed by atoms with Crippen molar-refractivity contribution in [1.29, 1.82) is 0 Å². The summed E-state index contributed by atoms with van der Waals surface area (Å²) in [4.78, 5) is 0. The highest BCUT2D eigenvalue weighted by Crippen LogP contribution is 2.34. The van der Waals surface area contributed by atoms with E-state index in [0.29, 0.717) is 5.56 Å². The van der Waals surface area contributed by atoms with Gasteiger partial charge in [0.05, 0.1) is 11.6 Å². The molecule has 1 nitrogen and oxygen atoms in total. The summed E-state index contributed by atoms with van der Waals surface area (Å²) in [6, 6.07) is 5.49. The topological polar surface area (TPSA) is 12.0 Å². The molecule has 1 unspecified atom stereocenters. The minimum Gasteiger partial charge on any atom is -0.310 e. The molecule has 1 aliphatic rings. The first-order valence-corrected chi connectivity index (χ1v) is 6.55. The summed E-state index contributed by atoms with van der Waals surface area (Å²) >= 11 is 0. The molecular formula is C15H18F3N. The Kier molecular flexibility index (Phi) is 4.30. The average Bonchev–Trinajstić information content (AvgIpc) is 2.40. The molecule has 1 aromatic rings. The Labute approximate surface area is 111 Å². The van der Waals surface area contributed by atoms with Gasteiger partial charge in [-0.2, -0.15) is 13.2 Å². The highest BCUT2D eigenvalue weighted by atomic mass is 19.4. The van der Waals surface area contributed by atoms with Gasteiger partial charge in [-0.1, -0.05) is 23.8 Å². The van der Waals surface area contributed by atoms with Gasteiger partial charge in [0.1, 0.15) is 0 Å². The van der Waals surface area contributed by atoms with E-state index in [0.717, 1.165) is 25.3 Å². The van der Waals surface area contributed by atoms with Crippen molar-refractivity contribution in [3.8, 4) is 0 Å². The normalized spacial score (nSPS) is 18.0. The first kappa shape index (κ1) is 14.1. The van der Waals surface area contributed by atoms with Crippen LogP contribution in [0.2, 0.25) is 0 Å². The van der Waals surface area contributed by atoms with Crippen LogP contribution in [0, 0.1) is 0 Å². The Morgan fingerprint density at radius 3 is 2.58 bits per heavy atom. The van der Waals surface area contributed by atoms with Crippen molar-refractivity contribution < 1.29 is 13.2 Å². The number of likely N-dealkylation sites (N-methyl/N-ethyl adjacent to an activating group) is 1. The highest BCUT2D eigenvalue weighted by Gasteiger charge is 2.31. The molecule has 0 amide bonds. The molecule has 0 spiro atoms. The van der Waals surface area contributed by atoms with Gasteiger partial charge in [-0.3, -0.25) is 0 Å². The summed E-state index contributed by atoms with van der Waals surface area (Å²) in [5, 5.41) is 3.13. The number of alkyl halides is 3. The molecule has 1 aromatic carbocycles. The average molecular weight is 269 g/mol. The molecule has 19 heavy (non-hydrogen) atoms. The number of nitrogens with one attached hydrogen (secondary N) is 1. The van der Waals surface area contributed by atoms with Gasteiger partial charge in [0.15, 0.2) is 0 Å². The second kappa shape index (κ2) is 5.78. The number of allylic oxidation sites excluding steroid dienone is 1. The second-order valence-electron chi connectivity index (χ2n) is 4.87. The first-order valence-electron chi connectivity index (χ1n) is 6.55. The van der Waals surface area contributed by atoms with E-state index in [9.17, 15) is 13.2 Å². The SMILES string of the molecule is CNC(C1=CCCCC1)c1cccc(C(F)(F)F)c1. The fourth-order valence-corrected chi connectivity index (χ4v) is 2.59. The van der Waals surface area contributed by atoms with Crippen LogP contribution in [0.5, 0.6) is 0 Å². The van der Waals surface area contributed by atoms with Crippen molar-refractivity contribution in [2.75, 3.05) is 7.05 Å². The van der Waals surface area contributed by atoms with Crippen molar-refractivity contribution in [2.45, 2.75) is 37.9 Å². The van der Waals surface area contributed by atoms with E-state index in [1.165, 1.54) is 24.1 Å². The van der Waals surface area contributed by atoms with E-state index >= 15 is 0 Å². The molecular weight excluding hydrogens is 251 g/mol. The minimum atomic E-state index is -4.28. The highest BCUT2D eigenvalue weighted by molar-refractivity contribution is 5.33. The third-order valence-electron chi connectivity index (χ3n) is 3.53. The summed E-state index contributed by atoms with van der Waals surface area (Å²) in [6.45, 7) is 0. The van der Waals surface area contributed by atoms with E-state index in [1.54, 1.807) is 13.1 Å². The summed E-state index contributed by atoms with van der Waals surface area (Å²) < 4.78 is 38.2. The van der Waals surface area contributed by atoms with Crippen LogP contribution in [-0.4, -0.2) is 7.05 Å². The Balaban J connectivity index is 2.30. The molecule has 2 rings (SSSR count). The standard InChI is InChI=1S/C15H18F3N/c1-19-14(11-6-3-2-4-7-11)12-8-5-9-13(10-12)15(16,17)18/h5-6,8-10,14,19H,2-4,7H2,1H3. The van der Waals surface area contributed by atoms with Crippen LogP contribution in [0.15, 0.2) is 35.9 Å². The predicted molar refractivity (Wildman–Crippen MR) is 69.8 cm³/mol. The third-order valence-corrected chi connectivity index (χ3v) is 3.53. The van der Waals surface area contributed by atoms with Crippen LogP contribution >= 0.6 is 0 Å². The Bertz CT molecular complexity index is 463. The van der Waals surface area contributed by atoms with Crippen molar-refractivity contribution >= 4 is 0 Å². The molecule has 0 aliphatic heterocycles. The van der Waals surface area contributed by atoms with Gasteiger partial charge < -0.3 is 5.32 Å². The summed E-state index contributed by atoms with van der Waals surface area (Å²) in [5.41, 5.74) is 1.31. The van der Waals surface area contributed by atoms with Crippen LogP contribution < -0.4 is 5.32 Å². The van der Waals surface area contributed by atoms with E-state index in [1.807, 2.05) is 0 Å². The summed E-state index contributed by atoms with van der Waals surface area (Å²) in [6.07, 6.45) is 2.14. The van der Waals surface area contributed by atoms with Gasteiger partial charge in [0.25, 0.3) is 0 Å². The van der Waals surface area contributed by atoms with Gasteiger partial charge in [-0.05, 0) is 50.4 Å². The van der Waals surface area contributed by atoms with E-state index in [-0.39, 0.29) is 6.04 Å². The van der Waals surface area contributed by atoms with Crippen LogP contribution in [0.1, 0.15) is 42.9 Å². The van der Waals surface area contributed by atoms with Gasteiger partial charge in [-0.15, -0.1) is 0 Å². The maximum Gasteiger partial charge on any atom is 0.416 e. The predicted octanol–water partition coefficient (Wildman–Crippen LogP) is 4.47. The van der Waals surface area contributed by atoms with Crippen molar-refractivity contribution in [3.05, 3.63) is 47.0 Å². The number of halogens is 3. The zero-order valence-corrected chi connectivity index (χ0v) is 10.9. The molecule has 1 aliphatic carbocycles. The summed E-state index contributed by atoms with van der Waals surface area (Å²) in [5.74, 6) is 0. The molecule has 104 valence electrons. The van der Waals surface area contributed by atoms with E-state index in [4.69, 9.17) is 0 Å². The van der Waals surface area contributed by atoms with Gasteiger partial charge in [-0.25, -0.2) is 0 Å². The smallest absolute Gasteiger partial charge is 0.310 e. The molecule has 4 heteroatoms. The lowest BCUT2D eigenvalue weighted by Crippen LogP contribution is -2.20. The Morgan fingerprint density at radius 1 is 1.21 bits per heavy atom. The molecule has 0 saturated carbocycles. The lowest BCUT2D eigenvalue weighted by Gasteiger charge is -2.24. The summed E-state index contributed by atoms with van der Waals surface area (Å²) in [7, 11) is 1.79. The zero-order chi connectivity index (χ0) is 13.9. The number of hydrogen-bond acceptors (Lipinski definition) is 1. The number of benzene rings is 1. The fourth-order valence-electron chi connectivity index (χ4n) is 2.59. The molecule has 0 heterocycles. The molecule has 0 fully saturated rings. The molecule has 0 radical (unpaired) electrons. The largest absolute Gasteiger partial charge is 0.416 e. The number of rotatable bonds is 3. The van der Waals surface area contributed by atoms with Gasteiger partial charge >= 0.3 is 6.18 Å². The Hall–Kier alpha value is -1.29. The van der Waals surface area contributed by atoms with Crippen molar-refractivity contribution in [1.82, 2.24) is 5.32 Å². The lowest BCUT2D eigenvalue weighted by atomic mass is 9.89. The number of hydrogen-bond donors (Lipinski definition) is 1. The molecule has 1 N–H and O–H groups in total. The molecule has 0 saturated heterocycles. The fraction of sp³-hybridized carbons (Fsp3) is 0.467. The molecule has 0 aromatic heterocycles. The lowest BCUT2D eigenvalue weighted by molar-refractivity contribution is -0.137. The quantitative estimate of drug-likeness (QED) is 0.798. The van der Waals surface area contributed by atoms with Gasteiger partial charge in [0, 0.05) is 0 Å². The minimum absolute atomic E-state index is 0.109. The van der Waals surface area contributed by atoms with Gasteiger partial charge in [0.2, 0.25) is 0 Å². The van der Waals surface area contributed by atoms with E-state index in [2.05, 4.69) is 11.4 Å². The van der Waals surface area contributed by atoms with Crippen LogP contribution in [0.3, 0.4) is 0 Å². The van der Waals surface area contributed by atoms with Crippen LogP contribution in [0.25, 0.3) is 0 Å².